The van der Waals surface area contributed by atoms with Gasteiger partial charge in [-0.25, -0.2) is 9.59 Å². The minimum absolute atomic E-state index is 0.248. The quantitative estimate of drug-likeness (QED) is 0.385. The Morgan fingerprint density at radius 3 is 2.12 bits per heavy atom. The maximum atomic E-state index is 13.3. The fourth-order valence-corrected chi connectivity index (χ4v) is 3.32. The molecule has 0 saturated heterocycles. The van der Waals surface area contributed by atoms with E-state index in [-0.39, 0.29) is 5.75 Å². The average molecular weight is 455 g/mol. The first kappa shape index (κ1) is 23.8. The van der Waals surface area contributed by atoms with Crippen molar-refractivity contribution < 1.29 is 18.7 Å². The molecule has 0 aliphatic heterocycles. The van der Waals surface area contributed by atoms with Crippen LogP contribution in [0.3, 0.4) is 0 Å². The van der Waals surface area contributed by atoms with Crippen molar-refractivity contribution in [3.05, 3.63) is 81.4 Å². The molecule has 0 atom stereocenters. The lowest BCUT2D eigenvalue weighted by atomic mass is 10.0. The first-order valence-corrected chi connectivity index (χ1v) is 10.7. The Labute approximate surface area is 190 Å². The van der Waals surface area contributed by atoms with Crippen LogP contribution >= 0.6 is 0 Å². The van der Waals surface area contributed by atoms with Gasteiger partial charge >= 0.3 is 11.8 Å². The molecule has 1 heterocycles. The maximum absolute atomic E-state index is 13.3. The normalized spacial score (nSPS) is 10.6. The molecule has 1 aromatic heterocycles. The van der Waals surface area contributed by atoms with Crippen molar-refractivity contribution >= 4 is 11.8 Å². The summed E-state index contributed by atoms with van der Waals surface area (Å²) in [5.74, 6) is -0.920. The Morgan fingerprint density at radius 1 is 0.970 bits per heavy atom. The van der Waals surface area contributed by atoms with Gasteiger partial charge in [0.2, 0.25) is 5.82 Å². The fourth-order valence-electron chi connectivity index (χ4n) is 3.32. The number of anilines is 1. The molecule has 0 bridgehead atoms. The Morgan fingerprint density at radius 2 is 1.55 bits per heavy atom. The molecule has 3 rings (SSSR count). The van der Waals surface area contributed by atoms with Crippen molar-refractivity contribution in [2.45, 2.75) is 33.4 Å². The number of carbonyl (C=O) groups excluding carboxylic acids is 1. The van der Waals surface area contributed by atoms with Crippen molar-refractivity contribution in [1.82, 2.24) is 9.55 Å². The minimum atomic E-state index is -1.17. The highest BCUT2D eigenvalue weighted by Crippen LogP contribution is 2.25. The lowest BCUT2D eigenvalue weighted by Crippen LogP contribution is -2.32. The van der Waals surface area contributed by atoms with Crippen LogP contribution < -0.4 is 20.9 Å². The zero-order valence-corrected chi connectivity index (χ0v) is 18.5. The van der Waals surface area contributed by atoms with E-state index in [1.54, 1.807) is 17.1 Å². The summed E-state index contributed by atoms with van der Waals surface area (Å²) in [5, 5.41) is 0. The number of benzene rings is 2. The van der Waals surface area contributed by atoms with E-state index in [1.807, 2.05) is 12.1 Å². The third-order valence-corrected chi connectivity index (χ3v) is 4.90. The summed E-state index contributed by atoms with van der Waals surface area (Å²) in [6, 6.07) is 15.2. The Balaban J connectivity index is 1.59. The largest absolute Gasteiger partial charge is 0.515 e. The number of aromatic amines is 1. The second-order valence-electron chi connectivity index (χ2n) is 7.39. The number of nitrogens with zero attached hydrogens (tertiary/aromatic N) is 2. The van der Waals surface area contributed by atoms with E-state index in [0.717, 1.165) is 37.1 Å². The third kappa shape index (κ3) is 6.31. The van der Waals surface area contributed by atoms with E-state index in [9.17, 15) is 18.8 Å². The first-order valence-electron chi connectivity index (χ1n) is 10.7. The monoisotopic (exact) mass is 455 g/mol. The van der Waals surface area contributed by atoms with E-state index in [4.69, 9.17) is 9.47 Å². The molecule has 0 aliphatic carbocycles. The number of rotatable bonds is 9. The topological polar surface area (TPSA) is 93.6 Å². The van der Waals surface area contributed by atoms with Crippen molar-refractivity contribution in [2.24, 2.45) is 0 Å². The van der Waals surface area contributed by atoms with Gasteiger partial charge in [0.25, 0.3) is 5.56 Å². The maximum Gasteiger partial charge on any atom is 0.515 e. The van der Waals surface area contributed by atoms with Crippen LogP contribution in [0, 0.1) is 5.82 Å². The lowest BCUT2D eigenvalue weighted by molar-refractivity contribution is 0.0694. The molecule has 0 spiro atoms. The summed E-state index contributed by atoms with van der Waals surface area (Å²) in [5.41, 5.74) is 1.12. The predicted molar refractivity (Wildman–Crippen MR) is 123 cm³/mol. The summed E-state index contributed by atoms with van der Waals surface area (Å²) in [4.78, 5) is 38.6. The van der Waals surface area contributed by atoms with E-state index in [1.165, 1.54) is 5.69 Å². The molecule has 3 aromatic rings. The molecule has 0 amide bonds. The van der Waals surface area contributed by atoms with E-state index in [2.05, 4.69) is 43.0 Å². The Hall–Kier alpha value is -3.88. The molecule has 2 aromatic carbocycles. The van der Waals surface area contributed by atoms with Gasteiger partial charge in [-0.15, -0.1) is 0 Å². The molecular formula is C24H26FN3O5. The number of ether oxygens (including phenoxy) is 2. The predicted octanol–water partition coefficient (Wildman–Crippen LogP) is 4.14. The number of nitrogens with one attached hydrogen (secondary N) is 1. The van der Waals surface area contributed by atoms with Gasteiger partial charge in [0.1, 0.15) is 5.75 Å². The summed E-state index contributed by atoms with van der Waals surface area (Å²) >= 11 is 0. The van der Waals surface area contributed by atoms with Crippen LogP contribution in [0.25, 0.3) is 11.1 Å². The van der Waals surface area contributed by atoms with Gasteiger partial charge in [-0.2, -0.15) is 4.39 Å². The number of halogens is 1. The second-order valence-corrected chi connectivity index (χ2v) is 7.39. The summed E-state index contributed by atoms with van der Waals surface area (Å²) in [6.07, 6.45) is 1.75. The summed E-state index contributed by atoms with van der Waals surface area (Å²) in [6.45, 7) is 5.75. The zero-order valence-electron chi connectivity index (χ0n) is 18.5. The van der Waals surface area contributed by atoms with Crippen LogP contribution in [0.15, 0.2) is 64.3 Å². The van der Waals surface area contributed by atoms with Crippen LogP contribution in [-0.4, -0.2) is 28.8 Å². The molecule has 0 fully saturated rings. The van der Waals surface area contributed by atoms with Gasteiger partial charge in [-0.1, -0.05) is 38.1 Å². The van der Waals surface area contributed by atoms with Gasteiger partial charge in [-0.3, -0.25) is 14.3 Å². The molecular weight excluding hydrogens is 429 g/mol. The molecule has 1 N–H and O–H groups in total. The molecule has 0 unspecified atom stereocenters. The van der Waals surface area contributed by atoms with E-state index < -0.39 is 30.0 Å². The minimum Gasteiger partial charge on any atom is -0.412 e. The van der Waals surface area contributed by atoms with Crippen LogP contribution in [0.1, 0.15) is 26.7 Å². The molecule has 174 valence electrons. The summed E-state index contributed by atoms with van der Waals surface area (Å²) < 4.78 is 23.8. The van der Waals surface area contributed by atoms with Crippen LogP contribution in [-0.2, 0) is 11.5 Å². The molecule has 0 saturated carbocycles. The molecule has 9 heteroatoms. The van der Waals surface area contributed by atoms with Crippen molar-refractivity contribution in [3.8, 4) is 16.9 Å². The van der Waals surface area contributed by atoms with E-state index in [0.29, 0.717) is 10.8 Å². The lowest BCUT2D eigenvalue weighted by Gasteiger charge is -2.24. The third-order valence-electron chi connectivity index (χ3n) is 4.90. The van der Waals surface area contributed by atoms with Crippen LogP contribution in [0.2, 0.25) is 0 Å². The Bertz CT molecular complexity index is 1180. The number of aromatic nitrogens is 2. The van der Waals surface area contributed by atoms with E-state index >= 15 is 0 Å². The van der Waals surface area contributed by atoms with Gasteiger partial charge in [0, 0.05) is 18.8 Å². The first-order chi connectivity index (χ1) is 15.9. The second kappa shape index (κ2) is 11.1. The van der Waals surface area contributed by atoms with Crippen LogP contribution in [0.5, 0.6) is 5.75 Å². The van der Waals surface area contributed by atoms with Crippen molar-refractivity contribution in [1.29, 1.82) is 0 Å². The van der Waals surface area contributed by atoms with Gasteiger partial charge in [0.15, 0.2) is 6.73 Å². The number of carbonyl (C=O) groups is 1. The van der Waals surface area contributed by atoms with Crippen molar-refractivity contribution in [2.75, 3.05) is 18.0 Å². The highest BCUT2D eigenvalue weighted by atomic mass is 19.1. The molecule has 33 heavy (non-hydrogen) atoms. The standard InChI is InChI=1S/C24H26FN3O5/c1-3-13-27(14-4-2)19-9-5-17(6-10-19)18-7-11-20(12-8-18)33-24(31)32-16-28-15-21(25)22(29)26-23(28)30/h5-12,15H,3-4,13-14,16H2,1-2H3,(H,26,29,30). The number of H-pyrrole nitrogens is 1. The highest BCUT2D eigenvalue weighted by Gasteiger charge is 2.10. The molecule has 8 nitrogen and oxygen atoms in total. The average Bonchev–Trinajstić information content (AvgIpc) is 2.81. The number of hydrogen-bond acceptors (Lipinski definition) is 6. The van der Waals surface area contributed by atoms with Crippen LogP contribution in [0.4, 0.5) is 14.9 Å². The SMILES string of the molecule is CCCN(CCC)c1ccc(-c2ccc(OC(=O)OCn3cc(F)c(=O)[nH]c3=O)cc2)cc1. The van der Waals surface area contributed by atoms with Crippen molar-refractivity contribution in [3.63, 3.8) is 0 Å². The Kier molecular flexibility index (Phi) is 8.01. The zero-order chi connectivity index (χ0) is 23.8. The molecule has 0 radical (unpaired) electrons. The highest BCUT2D eigenvalue weighted by molar-refractivity contribution is 5.68. The molecule has 0 aliphatic rings. The smallest absolute Gasteiger partial charge is 0.412 e. The summed E-state index contributed by atoms with van der Waals surface area (Å²) in [7, 11) is 0. The number of hydrogen-bond donors (Lipinski definition) is 1. The van der Waals surface area contributed by atoms with Gasteiger partial charge in [-0.05, 0) is 48.2 Å². The van der Waals surface area contributed by atoms with Gasteiger partial charge < -0.3 is 14.4 Å². The fraction of sp³-hybridized carbons (Fsp3) is 0.292. The van der Waals surface area contributed by atoms with Gasteiger partial charge in [0.05, 0.1) is 6.20 Å².